The van der Waals surface area contributed by atoms with Gasteiger partial charge in [-0.25, -0.2) is 9.59 Å². The summed E-state index contributed by atoms with van der Waals surface area (Å²) in [5.41, 5.74) is -1.65. The lowest BCUT2D eigenvalue weighted by Crippen LogP contribution is -2.35. The highest BCUT2D eigenvalue weighted by atomic mass is 35.5. The second-order valence-electron chi connectivity index (χ2n) is 5.47. The first-order chi connectivity index (χ1) is 12.3. The predicted molar refractivity (Wildman–Crippen MR) is 98.2 cm³/mol. The van der Waals surface area contributed by atoms with Crippen LogP contribution in [0.15, 0.2) is 53.5 Å². The molecule has 132 valence electrons. The molecule has 0 saturated heterocycles. The Bertz CT molecular complexity index is 1090. The fraction of sp³-hybridized carbons (Fsp3) is 0.0556. The fourth-order valence-electron chi connectivity index (χ4n) is 2.93. The number of carboxylic acids is 2. The third kappa shape index (κ3) is 2.88. The van der Waals surface area contributed by atoms with E-state index in [1.807, 2.05) is 0 Å². The highest BCUT2D eigenvalue weighted by Crippen LogP contribution is 2.41. The van der Waals surface area contributed by atoms with Crippen molar-refractivity contribution in [1.82, 2.24) is 0 Å². The molecule has 8 heteroatoms. The summed E-state index contributed by atoms with van der Waals surface area (Å²) in [4.78, 5) is 27.8. The van der Waals surface area contributed by atoms with Crippen LogP contribution in [0.4, 0.5) is 0 Å². The predicted octanol–water partition coefficient (Wildman–Crippen LogP) is 3.05. The lowest BCUT2D eigenvalue weighted by molar-refractivity contribution is -0.141. The van der Waals surface area contributed by atoms with Crippen molar-refractivity contribution in [2.45, 2.75) is 5.54 Å². The smallest absolute Gasteiger partial charge is 0.341 e. The summed E-state index contributed by atoms with van der Waals surface area (Å²) in [6.45, 7) is 0. The molecular formula is C18H10Cl3NO4. The van der Waals surface area contributed by atoms with Gasteiger partial charge < -0.3 is 10.2 Å². The Morgan fingerprint density at radius 3 is 2.35 bits per heavy atom. The topological polar surface area (TPSA) is 87.0 Å². The van der Waals surface area contributed by atoms with Crippen molar-refractivity contribution >= 4 is 52.3 Å². The van der Waals surface area contributed by atoms with Gasteiger partial charge in [0.25, 0.3) is 0 Å². The molecule has 0 amide bonds. The molecule has 1 aliphatic heterocycles. The standard InChI is InChI=1S/C18H10Cl3NO4/c19-9-7-13(21)16-11(5-6-15(23)24)18(17(25)26,22-14(16)8-9)10-3-1-2-4-12(10)20/h1-8H,(H,23,24)(H,25,26). The van der Waals surface area contributed by atoms with Crippen molar-refractivity contribution < 1.29 is 19.8 Å². The maximum atomic E-state index is 12.4. The number of aliphatic carboxylic acids is 2. The summed E-state index contributed by atoms with van der Waals surface area (Å²) in [6, 6.07) is 9.25. The first-order valence-corrected chi connectivity index (χ1v) is 8.40. The van der Waals surface area contributed by atoms with Crippen LogP contribution in [-0.4, -0.2) is 22.2 Å². The van der Waals surface area contributed by atoms with Crippen LogP contribution in [-0.2, 0) is 15.1 Å². The Hall–Kier alpha value is -2.34. The highest BCUT2D eigenvalue weighted by Gasteiger charge is 2.47. The number of hydrogen-bond acceptors (Lipinski definition) is 3. The highest BCUT2D eigenvalue weighted by molar-refractivity contribution is 6.35. The molecule has 0 fully saturated rings. The van der Waals surface area contributed by atoms with E-state index in [2.05, 4.69) is 4.99 Å². The van der Waals surface area contributed by atoms with Crippen LogP contribution < -0.4 is 10.6 Å². The minimum atomic E-state index is -1.94. The molecule has 1 unspecified atom stereocenters. The lowest BCUT2D eigenvalue weighted by Gasteiger charge is -2.25. The van der Waals surface area contributed by atoms with Gasteiger partial charge in [0.1, 0.15) is 0 Å². The summed E-state index contributed by atoms with van der Waals surface area (Å²) in [5, 5.41) is 20.3. The van der Waals surface area contributed by atoms with Crippen molar-refractivity contribution in [3.8, 4) is 0 Å². The van der Waals surface area contributed by atoms with Gasteiger partial charge in [-0.1, -0.05) is 53.0 Å². The largest absolute Gasteiger partial charge is 0.479 e. The zero-order chi connectivity index (χ0) is 19.1. The van der Waals surface area contributed by atoms with Crippen molar-refractivity contribution in [2.24, 2.45) is 4.99 Å². The quantitative estimate of drug-likeness (QED) is 0.759. The van der Waals surface area contributed by atoms with Gasteiger partial charge in [-0.05, 0) is 24.3 Å². The van der Waals surface area contributed by atoms with Crippen LogP contribution in [0.1, 0.15) is 5.56 Å². The Balaban J connectivity index is 2.51. The second kappa shape index (κ2) is 6.76. The molecule has 5 nitrogen and oxygen atoms in total. The van der Waals surface area contributed by atoms with Gasteiger partial charge in [-0.3, -0.25) is 4.99 Å². The molecule has 3 rings (SSSR count). The Labute approximate surface area is 162 Å². The van der Waals surface area contributed by atoms with Crippen molar-refractivity contribution in [2.75, 3.05) is 0 Å². The summed E-state index contributed by atoms with van der Waals surface area (Å²) >= 11 is 18.5. The van der Waals surface area contributed by atoms with E-state index < -0.39 is 17.5 Å². The molecule has 0 aliphatic carbocycles. The molecule has 0 saturated carbocycles. The molecule has 2 N–H and O–H groups in total. The van der Waals surface area contributed by atoms with Crippen molar-refractivity contribution in [3.05, 3.63) is 79.8 Å². The molecule has 1 aliphatic rings. The summed E-state index contributed by atoms with van der Waals surface area (Å²) in [5.74, 6) is -2.56. The van der Waals surface area contributed by atoms with Crippen LogP contribution in [0.25, 0.3) is 5.57 Å². The van der Waals surface area contributed by atoms with Gasteiger partial charge in [0.05, 0.1) is 10.4 Å². The normalized spacial score (nSPS) is 18.7. The number of halogens is 3. The Morgan fingerprint density at radius 2 is 1.73 bits per heavy atom. The van der Waals surface area contributed by atoms with E-state index in [0.717, 1.165) is 6.08 Å². The number of nitrogens with zero attached hydrogens (tertiary/aromatic N) is 1. The number of carbonyl (C=O) groups is 2. The summed E-state index contributed by atoms with van der Waals surface area (Å²) in [6.07, 6.45) is 2.01. The van der Waals surface area contributed by atoms with E-state index in [0.29, 0.717) is 5.22 Å². The van der Waals surface area contributed by atoms with E-state index in [9.17, 15) is 14.7 Å². The average molecular weight is 411 g/mol. The summed E-state index contributed by atoms with van der Waals surface area (Å²) < 4.78 is 0. The second-order valence-corrected chi connectivity index (χ2v) is 6.73. The van der Waals surface area contributed by atoms with Crippen LogP contribution in [0, 0.1) is 0 Å². The fourth-order valence-corrected chi connectivity index (χ4v) is 3.79. The molecule has 1 heterocycles. The van der Waals surface area contributed by atoms with Gasteiger partial charge in [0.15, 0.2) is 0 Å². The van der Waals surface area contributed by atoms with Gasteiger partial charge >= 0.3 is 11.9 Å². The summed E-state index contributed by atoms with van der Waals surface area (Å²) in [7, 11) is 0. The number of carboxylic acid groups (broad SMARTS) is 2. The van der Waals surface area contributed by atoms with Gasteiger partial charge in [-0.15, -0.1) is 0 Å². The minimum absolute atomic E-state index is 0.0946. The number of rotatable bonds is 4. The molecule has 0 spiro atoms. The third-order valence-electron chi connectivity index (χ3n) is 3.95. The molecule has 1 atom stereocenters. The number of hydrogen-bond donors (Lipinski definition) is 2. The van der Waals surface area contributed by atoms with Gasteiger partial charge in [0.2, 0.25) is 5.54 Å². The van der Waals surface area contributed by atoms with E-state index in [-0.39, 0.29) is 31.6 Å². The zero-order valence-corrected chi connectivity index (χ0v) is 15.2. The van der Waals surface area contributed by atoms with Crippen LogP contribution in [0.3, 0.4) is 0 Å². The van der Waals surface area contributed by atoms with Crippen molar-refractivity contribution in [3.63, 3.8) is 0 Å². The number of fused-ring (bicyclic) bond motifs is 1. The van der Waals surface area contributed by atoms with Crippen LogP contribution in [0.2, 0.25) is 15.1 Å². The van der Waals surface area contributed by atoms with Crippen molar-refractivity contribution in [1.29, 1.82) is 0 Å². The van der Waals surface area contributed by atoms with Gasteiger partial charge in [0, 0.05) is 32.5 Å². The van der Waals surface area contributed by atoms with E-state index >= 15 is 0 Å². The minimum Gasteiger partial charge on any atom is -0.479 e. The third-order valence-corrected chi connectivity index (χ3v) is 4.79. The zero-order valence-electron chi connectivity index (χ0n) is 12.9. The molecule has 2 aromatic rings. The first-order valence-electron chi connectivity index (χ1n) is 7.26. The molecule has 2 aromatic carbocycles. The van der Waals surface area contributed by atoms with Gasteiger partial charge in [-0.2, -0.15) is 0 Å². The maximum Gasteiger partial charge on any atom is 0.341 e. The Kier molecular flexibility index (Phi) is 4.80. The first kappa shape index (κ1) is 18.5. The van der Waals surface area contributed by atoms with E-state index in [1.54, 1.807) is 12.1 Å². The molecule has 26 heavy (non-hydrogen) atoms. The lowest BCUT2D eigenvalue weighted by atomic mass is 9.83. The van der Waals surface area contributed by atoms with Crippen LogP contribution >= 0.6 is 34.8 Å². The SMILES string of the molecule is O=C(O)C=CC1=c2c(Cl)cc(Cl)cc2=NC1(C(=O)O)c1ccccc1Cl. The van der Waals surface area contributed by atoms with E-state index in [4.69, 9.17) is 39.9 Å². The monoisotopic (exact) mass is 409 g/mol. The number of benzene rings is 2. The maximum absolute atomic E-state index is 12.4. The molecule has 0 aromatic heterocycles. The van der Waals surface area contributed by atoms with E-state index in [1.165, 1.54) is 30.3 Å². The molecule has 0 radical (unpaired) electrons. The Morgan fingerprint density at radius 1 is 1.04 bits per heavy atom. The average Bonchev–Trinajstić information content (AvgIpc) is 2.88. The van der Waals surface area contributed by atoms with Crippen LogP contribution in [0.5, 0.6) is 0 Å². The molecular weight excluding hydrogens is 401 g/mol. The molecule has 0 bridgehead atoms.